The van der Waals surface area contributed by atoms with Gasteiger partial charge in [-0.15, -0.1) is 0 Å². The van der Waals surface area contributed by atoms with E-state index in [1.165, 1.54) is 4.90 Å². The molecule has 0 saturated carbocycles. The minimum Gasteiger partial charge on any atom is -0.466 e. The van der Waals surface area contributed by atoms with Crippen LogP contribution in [0.15, 0.2) is 4.52 Å². The first-order chi connectivity index (χ1) is 9.38. The smallest absolute Gasteiger partial charge is 0.307 e. The van der Waals surface area contributed by atoms with Gasteiger partial charge in [0.25, 0.3) is 5.91 Å². The van der Waals surface area contributed by atoms with Crippen LogP contribution in [-0.4, -0.2) is 42.1 Å². The summed E-state index contributed by atoms with van der Waals surface area (Å²) in [6, 6.07) is 0. The van der Waals surface area contributed by atoms with Gasteiger partial charge in [-0.3, -0.25) is 9.59 Å². The van der Waals surface area contributed by atoms with E-state index in [4.69, 9.17) is 9.26 Å². The summed E-state index contributed by atoms with van der Waals surface area (Å²) >= 11 is 0. The van der Waals surface area contributed by atoms with Crippen molar-refractivity contribution in [2.45, 2.75) is 40.0 Å². The van der Waals surface area contributed by atoms with Crippen LogP contribution in [0.1, 0.15) is 54.9 Å². The molecule has 1 rings (SSSR count). The summed E-state index contributed by atoms with van der Waals surface area (Å²) in [5, 5.41) is 3.85. The second-order valence-corrected chi connectivity index (χ2v) is 4.94. The molecule has 0 aliphatic rings. The first-order valence-electron chi connectivity index (χ1n) is 6.75. The number of rotatable bonds is 6. The fraction of sp³-hybridized carbons (Fsp3) is 0.643. The van der Waals surface area contributed by atoms with Crippen LogP contribution in [0.3, 0.4) is 0 Å². The van der Waals surface area contributed by atoms with Gasteiger partial charge in [0.05, 0.1) is 18.7 Å². The van der Waals surface area contributed by atoms with Gasteiger partial charge in [-0.2, -0.15) is 0 Å². The van der Waals surface area contributed by atoms with E-state index in [9.17, 15) is 9.59 Å². The second kappa shape index (κ2) is 7.07. The normalized spacial score (nSPS) is 10.7. The molecule has 112 valence electrons. The van der Waals surface area contributed by atoms with Gasteiger partial charge in [0.2, 0.25) is 0 Å². The zero-order chi connectivity index (χ0) is 15.3. The molecule has 0 atom stereocenters. The number of esters is 1. The fourth-order valence-electron chi connectivity index (χ4n) is 1.83. The molecule has 0 saturated heterocycles. The lowest BCUT2D eigenvalue weighted by Crippen LogP contribution is -2.30. The summed E-state index contributed by atoms with van der Waals surface area (Å²) in [5.41, 5.74) is 1.06. The predicted molar refractivity (Wildman–Crippen MR) is 73.5 cm³/mol. The molecule has 0 radical (unpaired) electrons. The van der Waals surface area contributed by atoms with Crippen molar-refractivity contribution in [3.8, 4) is 0 Å². The third-order valence-corrected chi connectivity index (χ3v) is 2.93. The van der Waals surface area contributed by atoms with Crippen molar-refractivity contribution in [2.75, 3.05) is 20.2 Å². The highest BCUT2D eigenvalue weighted by molar-refractivity contribution is 5.96. The van der Waals surface area contributed by atoms with Crippen molar-refractivity contribution in [1.82, 2.24) is 10.1 Å². The Labute approximate surface area is 119 Å². The number of amides is 1. The maximum atomic E-state index is 12.4. The van der Waals surface area contributed by atoms with Crippen LogP contribution in [0.25, 0.3) is 0 Å². The largest absolute Gasteiger partial charge is 0.466 e. The van der Waals surface area contributed by atoms with Gasteiger partial charge in [-0.1, -0.05) is 19.0 Å². The number of carbonyl (C=O) groups excluding carboxylic acids is 2. The van der Waals surface area contributed by atoms with Crippen LogP contribution in [0, 0.1) is 6.92 Å². The number of aryl methyl sites for hydroxylation is 1. The van der Waals surface area contributed by atoms with Gasteiger partial charge >= 0.3 is 5.97 Å². The van der Waals surface area contributed by atoms with Crippen LogP contribution < -0.4 is 0 Å². The number of ether oxygens (including phenoxy) is 1. The SMILES string of the molecule is CCOC(=O)CCN(C)C(=O)c1c(C)noc1C(C)C. The quantitative estimate of drug-likeness (QED) is 0.747. The van der Waals surface area contributed by atoms with Gasteiger partial charge in [0, 0.05) is 19.5 Å². The zero-order valence-electron chi connectivity index (χ0n) is 12.7. The molecule has 6 nitrogen and oxygen atoms in total. The summed E-state index contributed by atoms with van der Waals surface area (Å²) in [7, 11) is 1.65. The first kappa shape index (κ1) is 16.2. The molecule has 0 fully saturated rings. The Bertz CT molecular complexity index is 480. The van der Waals surface area contributed by atoms with Crippen molar-refractivity contribution < 1.29 is 18.8 Å². The lowest BCUT2D eigenvalue weighted by atomic mass is 10.0. The molecular formula is C14H22N2O4. The van der Waals surface area contributed by atoms with Crippen molar-refractivity contribution in [1.29, 1.82) is 0 Å². The van der Waals surface area contributed by atoms with E-state index in [1.807, 2.05) is 13.8 Å². The zero-order valence-corrected chi connectivity index (χ0v) is 12.7. The number of aromatic nitrogens is 1. The highest BCUT2D eigenvalue weighted by Crippen LogP contribution is 2.23. The maximum absolute atomic E-state index is 12.4. The molecule has 1 amide bonds. The Morgan fingerprint density at radius 2 is 2.05 bits per heavy atom. The lowest BCUT2D eigenvalue weighted by Gasteiger charge is -2.17. The van der Waals surface area contributed by atoms with E-state index in [0.29, 0.717) is 30.2 Å². The Morgan fingerprint density at radius 1 is 1.40 bits per heavy atom. The maximum Gasteiger partial charge on any atom is 0.307 e. The average Bonchev–Trinajstić information content (AvgIpc) is 2.77. The molecule has 0 aliphatic carbocycles. The monoisotopic (exact) mass is 282 g/mol. The summed E-state index contributed by atoms with van der Waals surface area (Å²) in [6.07, 6.45) is 0.178. The second-order valence-electron chi connectivity index (χ2n) is 4.94. The molecule has 0 aromatic carbocycles. The minimum atomic E-state index is -0.307. The number of nitrogens with zero attached hydrogens (tertiary/aromatic N) is 2. The Morgan fingerprint density at radius 3 is 2.60 bits per heavy atom. The van der Waals surface area contributed by atoms with Gasteiger partial charge in [0.1, 0.15) is 5.56 Å². The van der Waals surface area contributed by atoms with Crippen molar-refractivity contribution in [3.63, 3.8) is 0 Å². The fourth-order valence-corrected chi connectivity index (χ4v) is 1.83. The molecule has 0 N–H and O–H groups in total. The van der Waals surface area contributed by atoms with Crippen LogP contribution in [0.5, 0.6) is 0 Å². The van der Waals surface area contributed by atoms with Gasteiger partial charge < -0.3 is 14.2 Å². The molecule has 0 aliphatic heterocycles. The van der Waals surface area contributed by atoms with E-state index >= 15 is 0 Å². The molecule has 20 heavy (non-hydrogen) atoms. The van der Waals surface area contributed by atoms with Crippen molar-refractivity contribution in [3.05, 3.63) is 17.0 Å². The van der Waals surface area contributed by atoms with E-state index in [-0.39, 0.29) is 24.2 Å². The topological polar surface area (TPSA) is 72.6 Å². The first-order valence-corrected chi connectivity index (χ1v) is 6.75. The summed E-state index contributed by atoms with van der Waals surface area (Å²) in [6.45, 7) is 8.02. The summed E-state index contributed by atoms with van der Waals surface area (Å²) < 4.78 is 10.0. The Hall–Kier alpha value is -1.85. The Balaban J connectivity index is 2.74. The van der Waals surface area contributed by atoms with Crippen LogP contribution in [-0.2, 0) is 9.53 Å². The molecule has 1 aromatic rings. The van der Waals surface area contributed by atoms with E-state index in [1.54, 1.807) is 20.9 Å². The van der Waals surface area contributed by atoms with Crippen LogP contribution >= 0.6 is 0 Å². The number of hydrogen-bond donors (Lipinski definition) is 0. The van der Waals surface area contributed by atoms with E-state index in [0.717, 1.165) is 0 Å². The summed E-state index contributed by atoms with van der Waals surface area (Å²) in [5.74, 6) is 0.166. The standard InChI is InChI=1S/C14H22N2O4/c1-6-19-11(17)7-8-16(5)14(18)12-10(4)15-20-13(12)9(2)3/h9H,6-8H2,1-5H3. The highest BCUT2D eigenvalue weighted by atomic mass is 16.5. The summed E-state index contributed by atoms with van der Waals surface area (Å²) in [4.78, 5) is 25.2. The average molecular weight is 282 g/mol. The van der Waals surface area contributed by atoms with Gasteiger partial charge in [0.15, 0.2) is 5.76 Å². The highest BCUT2D eigenvalue weighted by Gasteiger charge is 2.25. The van der Waals surface area contributed by atoms with Crippen LogP contribution in [0.4, 0.5) is 0 Å². The molecule has 1 aromatic heterocycles. The third-order valence-electron chi connectivity index (χ3n) is 2.93. The van der Waals surface area contributed by atoms with E-state index in [2.05, 4.69) is 5.16 Å². The molecule has 1 heterocycles. The lowest BCUT2D eigenvalue weighted by molar-refractivity contribution is -0.143. The Kier molecular flexibility index (Phi) is 5.73. The molecule has 0 unspecified atom stereocenters. The van der Waals surface area contributed by atoms with Gasteiger partial charge in [-0.05, 0) is 13.8 Å². The third kappa shape index (κ3) is 3.82. The van der Waals surface area contributed by atoms with E-state index < -0.39 is 0 Å². The van der Waals surface area contributed by atoms with Crippen molar-refractivity contribution in [2.24, 2.45) is 0 Å². The van der Waals surface area contributed by atoms with Crippen molar-refractivity contribution >= 4 is 11.9 Å². The predicted octanol–water partition coefficient (Wildman–Crippen LogP) is 2.13. The number of carbonyl (C=O) groups is 2. The molecule has 6 heteroatoms. The molecule has 0 spiro atoms. The molecular weight excluding hydrogens is 260 g/mol. The molecule has 0 bridgehead atoms. The number of hydrogen-bond acceptors (Lipinski definition) is 5. The minimum absolute atomic E-state index is 0.0774. The van der Waals surface area contributed by atoms with Gasteiger partial charge in [-0.25, -0.2) is 0 Å². The van der Waals surface area contributed by atoms with Crippen LogP contribution in [0.2, 0.25) is 0 Å².